The van der Waals surface area contributed by atoms with Gasteiger partial charge < -0.3 is 4.74 Å². The number of ether oxygens (including phenoxy) is 1. The van der Waals surface area contributed by atoms with Gasteiger partial charge in [0.05, 0.1) is 17.3 Å². The maximum atomic E-state index is 12.9. The highest BCUT2D eigenvalue weighted by atomic mass is 79.9. The molecule has 0 saturated carbocycles. The molecule has 1 heterocycles. The fourth-order valence-electron chi connectivity index (χ4n) is 2.85. The zero-order valence-corrected chi connectivity index (χ0v) is 16.0. The van der Waals surface area contributed by atoms with Gasteiger partial charge in [0.2, 0.25) is 0 Å². The zero-order chi connectivity index (χ0) is 18.0. The summed E-state index contributed by atoms with van der Waals surface area (Å²) in [5, 5.41) is 4.48. The molecule has 0 aliphatic heterocycles. The molecule has 0 bridgehead atoms. The maximum Gasteiger partial charge on any atom is 0.278 e. The van der Waals surface area contributed by atoms with Crippen LogP contribution in [0.25, 0.3) is 0 Å². The Bertz CT molecular complexity index is 917. The van der Waals surface area contributed by atoms with E-state index in [0.29, 0.717) is 11.3 Å². The quantitative estimate of drug-likeness (QED) is 0.647. The van der Waals surface area contributed by atoms with Crippen molar-refractivity contribution in [1.82, 2.24) is 9.78 Å². The third-order valence-electron chi connectivity index (χ3n) is 4.26. The molecule has 1 aromatic heterocycles. The predicted octanol–water partition coefficient (Wildman–Crippen LogP) is 4.55. The van der Waals surface area contributed by atoms with Crippen LogP contribution >= 0.6 is 15.9 Å². The molecule has 4 nitrogen and oxygen atoms in total. The molecule has 0 unspecified atom stereocenters. The zero-order valence-electron chi connectivity index (χ0n) is 14.4. The van der Waals surface area contributed by atoms with E-state index in [1.165, 1.54) is 10.2 Å². The predicted molar refractivity (Wildman–Crippen MR) is 101 cm³/mol. The summed E-state index contributed by atoms with van der Waals surface area (Å²) in [5.41, 5.74) is 4.60. The Morgan fingerprint density at radius 2 is 1.88 bits per heavy atom. The van der Waals surface area contributed by atoms with Gasteiger partial charge in [-0.3, -0.25) is 4.79 Å². The van der Waals surface area contributed by atoms with Gasteiger partial charge in [-0.1, -0.05) is 30.3 Å². The molecule has 0 amide bonds. The Hall–Kier alpha value is -2.40. The van der Waals surface area contributed by atoms with Crippen molar-refractivity contribution in [2.45, 2.75) is 20.3 Å². The molecule has 128 valence electrons. The first-order valence-electron chi connectivity index (χ1n) is 7.98. The Balaban J connectivity index is 1.94. The van der Waals surface area contributed by atoms with Gasteiger partial charge in [0.25, 0.3) is 5.91 Å². The number of aromatic nitrogens is 2. The van der Waals surface area contributed by atoms with Gasteiger partial charge in [0, 0.05) is 23.2 Å². The van der Waals surface area contributed by atoms with E-state index in [1.807, 2.05) is 32.0 Å². The third kappa shape index (κ3) is 3.51. The number of halogens is 1. The largest absolute Gasteiger partial charge is 0.496 e. The van der Waals surface area contributed by atoms with E-state index in [0.717, 1.165) is 27.8 Å². The van der Waals surface area contributed by atoms with E-state index in [9.17, 15) is 4.79 Å². The van der Waals surface area contributed by atoms with Crippen LogP contribution in [0, 0.1) is 13.8 Å². The van der Waals surface area contributed by atoms with Crippen molar-refractivity contribution in [3.8, 4) is 5.75 Å². The van der Waals surface area contributed by atoms with Crippen LogP contribution in [0.15, 0.2) is 53.0 Å². The summed E-state index contributed by atoms with van der Waals surface area (Å²) in [6, 6.07) is 15.5. The number of aryl methyl sites for hydroxylation is 1. The fraction of sp³-hybridized carbons (Fsp3) is 0.200. The lowest BCUT2D eigenvalue weighted by Gasteiger charge is -2.07. The van der Waals surface area contributed by atoms with Crippen LogP contribution in [-0.2, 0) is 6.42 Å². The van der Waals surface area contributed by atoms with Crippen LogP contribution in [0.1, 0.15) is 32.9 Å². The average molecular weight is 399 g/mol. The molecule has 0 radical (unpaired) electrons. The van der Waals surface area contributed by atoms with Crippen LogP contribution in [-0.4, -0.2) is 22.8 Å². The minimum atomic E-state index is -0.150. The Labute approximate surface area is 155 Å². The molecule has 0 atom stereocenters. The third-order valence-corrected chi connectivity index (χ3v) is 4.88. The van der Waals surface area contributed by atoms with Gasteiger partial charge in [-0.2, -0.15) is 5.10 Å². The summed E-state index contributed by atoms with van der Waals surface area (Å²) >= 11 is 3.42. The van der Waals surface area contributed by atoms with Crippen LogP contribution < -0.4 is 4.74 Å². The standard InChI is InChI=1S/C20H19BrN2O2/c1-13-17(11-15-7-5-4-6-8-15)14(2)23(22-13)20(24)16-9-10-19(25-3)18(21)12-16/h4-10,12H,11H2,1-3H3. The molecule has 0 spiro atoms. The summed E-state index contributed by atoms with van der Waals surface area (Å²) in [6.45, 7) is 3.88. The molecule has 0 N–H and O–H groups in total. The molecular weight excluding hydrogens is 380 g/mol. The van der Waals surface area contributed by atoms with E-state index < -0.39 is 0 Å². The number of rotatable bonds is 4. The van der Waals surface area contributed by atoms with Gasteiger partial charge in [0.15, 0.2) is 0 Å². The molecule has 3 aromatic rings. The smallest absolute Gasteiger partial charge is 0.278 e. The summed E-state index contributed by atoms with van der Waals surface area (Å²) < 4.78 is 7.45. The highest BCUT2D eigenvalue weighted by Gasteiger charge is 2.19. The molecule has 0 aliphatic rings. The molecule has 25 heavy (non-hydrogen) atoms. The van der Waals surface area contributed by atoms with Gasteiger partial charge in [-0.15, -0.1) is 0 Å². The van der Waals surface area contributed by atoms with Gasteiger partial charge in [0.1, 0.15) is 5.75 Å². The molecule has 0 fully saturated rings. The molecule has 0 saturated heterocycles. The average Bonchev–Trinajstić information content (AvgIpc) is 2.90. The maximum absolute atomic E-state index is 12.9. The highest BCUT2D eigenvalue weighted by Crippen LogP contribution is 2.26. The lowest BCUT2D eigenvalue weighted by Crippen LogP contribution is -2.15. The van der Waals surface area contributed by atoms with Crippen molar-refractivity contribution in [2.24, 2.45) is 0 Å². The van der Waals surface area contributed by atoms with E-state index in [2.05, 4.69) is 33.2 Å². The number of carbonyl (C=O) groups is 1. The van der Waals surface area contributed by atoms with Crippen molar-refractivity contribution in [3.05, 3.63) is 81.1 Å². The first-order valence-corrected chi connectivity index (χ1v) is 8.78. The molecule has 2 aromatic carbocycles. The number of benzene rings is 2. The van der Waals surface area contributed by atoms with Crippen LogP contribution in [0.2, 0.25) is 0 Å². The lowest BCUT2D eigenvalue weighted by molar-refractivity contribution is 0.0942. The number of methoxy groups -OCH3 is 1. The summed E-state index contributed by atoms with van der Waals surface area (Å²) in [5.74, 6) is 0.540. The topological polar surface area (TPSA) is 44.1 Å². The van der Waals surface area contributed by atoms with Gasteiger partial charge in [-0.25, -0.2) is 4.68 Å². The minimum Gasteiger partial charge on any atom is -0.496 e. The highest BCUT2D eigenvalue weighted by molar-refractivity contribution is 9.10. The summed E-state index contributed by atoms with van der Waals surface area (Å²) in [4.78, 5) is 12.9. The SMILES string of the molecule is COc1ccc(C(=O)n2nc(C)c(Cc3ccccc3)c2C)cc1Br. The number of nitrogens with zero attached hydrogens (tertiary/aromatic N) is 2. The van der Waals surface area contributed by atoms with E-state index in [4.69, 9.17) is 4.74 Å². The van der Waals surface area contributed by atoms with Gasteiger partial charge >= 0.3 is 0 Å². The van der Waals surface area contributed by atoms with E-state index in [1.54, 1.807) is 25.3 Å². The monoisotopic (exact) mass is 398 g/mol. The Kier molecular flexibility index (Phi) is 5.04. The fourth-order valence-corrected chi connectivity index (χ4v) is 3.39. The Morgan fingerprint density at radius 3 is 2.52 bits per heavy atom. The normalized spacial score (nSPS) is 10.7. The summed E-state index contributed by atoms with van der Waals surface area (Å²) in [6.07, 6.45) is 0.762. The second-order valence-electron chi connectivity index (χ2n) is 5.88. The Morgan fingerprint density at radius 1 is 1.16 bits per heavy atom. The molecule has 5 heteroatoms. The van der Waals surface area contributed by atoms with Crippen molar-refractivity contribution in [1.29, 1.82) is 0 Å². The second kappa shape index (κ2) is 7.23. The van der Waals surface area contributed by atoms with Crippen molar-refractivity contribution in [3.63, 3.8) is 0 Å². The van der Waals surface area contributed by atoms with E-state index in [-0.39, 0.29) is 5.91 Å². The molecule has 0 aliphatic carbocycles. The van der Waals surface area contributed by atoms with Crippen molar-refractivity contribution < 1.29 is 9.53 Å². The second-order valence-corrected chi connectivity index (χ2v) is 6.73. The van der Waals surface area contributed by atoms with Crippen molar-refractivity contribution in [2.75, 3.05) is 7.11 Å². The van der Waals surface area contributed by atoms with Gasteiger partial charge in [-0.05, 0) is 53.5 Å². The van der Waals surface area contributed by atoms with E-state index >= 15 is 0 Å². The molecular formula is C20H19BrN2O2. The number of hydrogen-bond donors (Lipinski definition) is 0. The lowest BCUT2D eigenvalue weighted by atomic mass is 10.0. The molecule has 3 rings (SSSR count). The first-order chi connectivity index (χ1) is 12.0. The minimum absolute atomic E-state index is 0.150. The summed E-state index contributed by atoms with van der Waals surface area (Å²) in [7, 11) is 1.60. The van der Waals surface area contributed by atoms with Crippen LogP contribution in [0.5, 0.6) is 5.75 Å². The first kappa shape index (κ1) is 17.4. The van der Waals surface area contributed by atoms with Crippen molar-refractivity contribution >= 4 is 21.8 Å². The van der Waals surface area contributed by atoms with Crippen LogP contribution in [0.4, 0.5) is 0 Å². The number of carbonyl (C=O) groups excluding carboxylic acids is 1. The van der Waals surface area contributed by atoms with Crippen LogP contribution in [0.3, 0.4) is 0 Å². The number of hydrogen-bond acceptors (Lipinski definition) is 3.